The third-order valence-electron chi connectivity index (χ3n) is 7.56. The number of hydrogen-bond donors (Lipinski definition) is 5. The molecule has 0 aliphatic carbocycles. The van der Waals surface area contributed by atoms with Crippen LogP contribution in [0, 0.1) is 0 Å². The third kappa shape index (κ3) is 7.04. The molecule has 0 aromatic heterocycles. The summed E-state index contributed by atoms with van der Waals surface area (Å²) in [4.78, 5) is 52.6. The van der Waals surface area contributed by atoms with Crippen LogP contribution in [0.5, 0.6) is 0 Å². The van der Waals surface area contributed by atoms with Gasteiger partial charge in [0.2, 0.25) is 17.7 Å². The van der Waals surface area contributed by atoms with Gasteiger partial charge in [-0.2, -0.15) is 13.2 Å². The zero-order valence-corrected chi connectivity index (χ0v) is 23.1. The van der Waals surface area contributed by atoms with Crippen LogP contribution in [0.25, 0.3) is 0 Å². The number of aliphatic hydroxyl groups excluding tert-OH is 1. The molecule has 11 nitrogen and oxygen atoms in total. The first kappa shape index (κ1) is 30.2. The maximum Gasteiger partial charge on any atom is 0.416 e. The number of likely N-dealkylation sites (N-methyl/N-ethyl adjacent to an activating group) is 1. The highest BCUT2D eigenvalue weighted by molar-refractivity contribution is 6.03. The number of nitrogens with zero attached hydrogens (tertiary/aromatic N) is 2. The molecule has 2 aromatic carbocycles. The standard InChI is InChI=1S/C29H31F3N6O5/c1-37-14-20(15-37)34-21(12-25(40)35-19-7-3-5-17(11-19)29(30,31)32)16-4-2-6-18(10-16)33-22-13-26(41)38(28(22)43)23-8-9-24(39)36-27(23)42/h2-7,10-11,13,20-21,23,28,33-34,43H,8-9,12,14-15H2,1H3,(H,35,40)(H,36,39,42). The number of carbonyl (C=O) groups is 4. The zero-order valence-electron chi connectivity index (χ0n) is 23.1. The lowest BCUT2D eigenvalue weighted by atomic mass is 9.99. The fourth-order valence-corrected chi connectivity index (χ4v) is 5.46. The fourth-order valence-electron chi connectivity index (χ4n) is 5.46. The van der Waals surface area contributed by atoms with Crippen molar-refractivity contribution >= 4 is 35.0 Å². The van der Waals surface area contributed by atoms with Crippen LogP contribution in [0.2, 0.25) is 0 Å². The lowest BCUT2D eigenvalue weighted by Crippen LogP contribution is -2.57. The summed E-state index contributed by atoms with van der Waals surface area (Å²) >= 11 is 0. The number of anilines is 2. The van der Waals surface area contributed by atoms with E-state index >= 15 is 0 Å². The summed E-state index contributed by atoms with van der Waals surface area (Å²) in [6.45, 7) is 1.50. The number of alkyl halides is 3. The van der Waals surface area contributed by atoms with E-state index in [0.29, 0.717) is 11.3 Å². The van der Waals surface area contributed by atoms with Gasteiger partial charge in [-0.3, -0.25) is 29.4 Å². The van der Waals surface area contributed by atoms with Gasteiger partial charge in [0, 0.05) is 55.5 Å². The molecule has 3 aliphatic rings. The van der Waals surface area contributed by atoms with Crippen molar-refractivity contribution in [3.63, 3.8) is 0 Å². The molecule has 2 fully saturated rings. The van der Waals surface area contributed by atoms with Crippen LogP contribution in [0.1, 0.15) is 36.4 Å². The Kier molecular flexibility index (Phi) is 8.53. The van der Waals surface area contributed by atoms with Crippen LogP contribution in [0.3, 0.4) is 0 Å². The molecule has 4 amide bonds. The second kappa shape index (κ2) is 12.1. The predicted octanol–water partition coefficient (Wildman–Crippen LogP) is 1.94. The summed E-state index contributed by atoms with van der Waals surface area (Å²) in [6.07, 6.45) is -4.74. The Labute approximate surface area is 245 Å². The van der Waals surface area contributed by atoms with E-state index in [4.69, 9.17) is 0 Å². The van der Waals surface area contributed by atoms with E-state index in [-0.39, 0.29) is 36.7 Å². The molecule has 43 heavy (non-hydrogen) atoms. The smallest absolute Gasteiger partial charge is 0.368 e. The lowest BCUT2D eigenvalue weighted by molar-refractivity contribution is -0.148. The van der Waals surface area contributed by atoms with Crippen LogP contribution < -0.4 is 21.3 Å². The molecule has 0 spiro atoms. The van der Waals surface area contributed by atoms with Gasteiger partial charge in [-0.15, -0.1) is 0 Å². The van der Waals surface area contributed by atoms with Crippen molar-refractivity contribution in [2.45, 2.75) is 49.8 Å². The number of likely N-dealkylation sites (tertiary alicyclic amines) is 1. The van der Waals surface area contributed by atoms with Crippen molar-refractivity contribution in [2.24, 2.45) is 0 Å². The highest BCUT2D eigenvalue weighted by Crippen LogP contribution is 2.31. The molecule has 3 aliphatic heterocycles. The van der Waals surface area contributed by atoms with E-state index in [1.807, 2.05) is 7.05 Å². The molecule has 3 atom stereocenters. The van der Waals surface area contributed by atoms with Crippen molar-refractivity contribution in [3.8, 4) is 0 Å². The van der Waals surface area contributed by atoms with Gasteiger partial charge < -0.3 is 26.0 Å². The summed E-state index contributed by atoms with van der Waals surface area (Å²) in [7, 11) is 1.96. The number of amides is 4. The van der Waals surface area contributed by atoms with E-state index < -0.39 is 53.7 Å². The van der Waals surface area contributed by atoms with Gasteiger partial charge in [0.1, 0.15) is 6.04 Å². The minimum absolute atomic E-state index is 0.0322. The summed E-state index contributed by atoms with van der Waals surface area (Å²) in [5, 5.41) is 22.1. The molecular formula is C29H31F3N6O5. The average Bonchev–Trinajstić information content (AvgIpc) is 3.19. The first-order valence-electron chi connectivity index (χ1n) is 13.7. The van der Waals surface area contributed by atoms with E-state index in [0.717, 1.165) is 30.1 Å². The highest BCUT2D eigenvalue weighted by Gasteiger charge is 2.42. The van der Waals surface area contributed by atoms with Crippen molar-refractivity contribution in [2.75, 3.05) is 30.8 Å². The number of benzene rings is 2. The van der Waals surface area contributed by atoms with Crippen molar-refractivity contribution < 1.29 is 37.5 Å². The molecule has 5 N–H and O–H groups in total. The van der Waals surface area contributed by atoms with E-state index in [2.05, 4.69) is 26.2 Å². The monoisotopic (exact) mass is 600 g/mol. The van der Waals surface area contributed by atoms with E-state index in [1.165, 1.54) is 18.2 Å². The Morgan fingerprint density at radius 3 is 2.51 bits per heavy atom. The van der Waals surface area contributed by atoms with Crippen LogP contribution in [-0.2, 0) is 25.4 Å². The molecule has 3 unspecified atom stereocenters. The Bertz CT molecular complexity index is 1460. The van der Waals surface area contributed by atoms with Crippen molar-refractivity contribution in [1.29, 1.82) is 0 Å². The highest BCUT2D eigenvalue weighted by atomic mass is 19.4. The van der Waals surface area contributed by atoms with Gasteiger partial charge in [-0.25, -0.2) is 0 Å². The number of imide groups is 1. The van der Waals surface area contributed by atoms with Gasteiger partial charge >= 0.3 is 6.18 Å². The van der Waals surface area contributed by atoms with Crippen LogP contribution in [0.4, 0.5) is 24.5 Å². The Morgan fingerprint density at radius 2 is 1.81 bits per heavy atom. The summed E-state index contributed by atoms with van der Waals surface area (Å²) < 4.78 is 39.4. The first-order chi connectivity index (χ1) is 20.4. The van der Waals surface area contributed by atoms with Crippen LogP contribution in [0.15, 0.2) is 60.3 Å². The number of aliphatic hydroxyl groups is 1. The number of rotatable bonds is 9. The zero-order chi connectivity index (χ0) is 30.9. The molecule has 0 bridgehead atoms. The normalized spacial score (nSPS) is 22.1. The molecule has 2 saturated heterocycles. The molecule has 3 heterocycles. The minimum Gasteiger partial charge on any atom is -0.368 e. The summed E-state index contributed by atoms with van der Waals surface area (Å²) in [5.41, 5.74) is 0.495. The molecular weight excluding hydrogens is 569 g/mol. The SMILES string of the molecule is CN1CC(NC(CC(=O)Nc2cccc(C(F)(F)F)c2)c2cccc(NC3=CC(=O)N(C4CCC(=O)NC4=O)C3O)c2)C1. The Morgan fingerprint density at radius 1 is 1.09 bits per heavy atom. The molecule has 0 radical (unpaired) electrons. The van der Waals surface area contributed by atoms with Gasteiger partial charge in [0.25, 0.3) is 5.91 Å². The number of hydrogen-bond acceptors (Lipinski definition) is 8. The maximum atomic E-state index is 13.1. The Hall–Kier alpha value is -4.27. The maximum absolute atomic E-state index is 13.1. The Balaban J connectivity index is 1.29. The topological polar surface area (TPSA) is 143 Å². The average molecular weight is 601 g/mol. The molecule has 5 rings (SSSR count). The van der Waals surface area contributed by atoms with Crippen LogP contribution in [-0.4, -0.2) is 77.0 Å². The van der Waals surface area contributed by atoms with Gasteiger partial charge in [0.05, 0.1) is 11.3 Å². The van der Waals surface area contributed by atoms with Crippen LogP contribution >= 0.6 is 0 Å². The molecule has 14 heteroatoms. The lowest BCUT2D eigenvalue weighted by Gasteiger charge is -2.39. The number of halogens is 3. The van der Waals surface area contributed by atoms with Gasteiger partial charge in [-0.05, 0) is 49.4 Å². The van der Waals surface area contributed by atoms with E-state index in [9.17, 15) is 37.5 Å². The van der Waals surface area contributed by atoms with Crippen molar-refractivity contribution in [1.82, 2.24) is 20.4 Å². The second-order valence-electron chi connectivity index (χ2n) is 10.9. The fraction of sp³-hybridized carbons (Fsp3) is 0.379. The molecule has 0 saturated carbocycles. The largest absolute Gasteiger partial charge is 0.416 e. The predicted molar refractivity (Wildman–Crippen MR) is 149 cm³/mol. The van der Waals surface area contributed by atoms with Gasteiger partial charge in [-0.1, -0.05) is 18.2 Å². The summed E-state index contributed by atoms with van der Waals surface area (Å²) in [6, 6.07) is 9.99. The van der Waals surface area contributed by atoms with Crippen molar-refractivity contribution in [3.05, 3.63) is 71.4 Å². The number of nitrogens with one attached hydrogen (secondary N) is 4. The number of carbonyl (C=O) groups excluding carboxylic acids is 4. The minimum atomic E-state index is -4.54. The molecule has 228 valence electrons. The summed E-state index contributed by atoms with van der Waals surface area (Å²) in [5.74, 6) is -2.16. The van der Waals surface area contributed by atoms with Gasteiger partial charge in [0.15, 0.2) is 6.23 Å². The number of piperidine rings is 1. The third-order valence-corrected chi connectivity index (χ3v) is 7.56. The molecule has 2 aromatic rings. The first-order valence-corrected chi connectivity index (χ1v) is 13.7. The quantitative estimate of drug-likeness (QED) is 0.275. The van der Waals surface area contributed by atoms with E-state index in [1.54, 1.807) is 24.3 Å². The second-order valence-corrected chi connectivity index (χ2v) is 10.9.